The molecular weight excluding hydrogens is 326 g/mol. The van der Waals surface area contributed by atoms with Crippen LogP contribution in [0.25, 0.3) is 10.8 Å². The molecule has 0 saturated heterocycles. The largest absolute Gasteiger partial charge is 0.489 e. The maximum atomic E-state index is 5.91. The van der Waals surface area contributed by atoms with Gasteiger partial charge in [-0.1, -0.05) is 52.3 Å². The lowest BCUT2D eigenvalue weighted by molar-refractivity contribution is 0.305. The molecule has 0 bridgehead atoms. The lowest BCUT2D eigenvalue weighted by atomic mass is 10.1. The summed E-state index contributed by atoms with van der Waals surface area (Å²) < 4.78 is 6.99. The van der Waals surface area contributed by atoms with Crippen LogP contribution in [0.4, 0.5) is 0 Å². The number of ether oxygens (including phenoxy) is 1. The Hall–Kier alpha value is -1.84. The van der Waals surface area contributed by atoms with Crippen molar-refractivity contribution >= 4 is 26.7 Å². The highest BCUT2D eigenvalue weighted by Crippen LogP contribution is 2.24. The van der Waals surface area contributed by atoms with Crippen LogP contribution in [-0.2, 0) is 13.2 Å². The van der Waals surface area contributed by atoms with Crippen molar-refractivity contribution in [1.82, 2.24) is 0 Å². The van der Waals surface area contributed by atoms with E-state index in [9.17, 15) is 0 Å². The molecule has 0 amide bonds. The van der Waals surface area contributed by atoms with E-state index in [0.29, 0.717) is 13.2 Å². The molecule has 106 valence electrons. The molecule has 3 heteroatoms. The van der Waals surface area contributed by atoms with E-state index in [1.165, 1.54) is 10.8 Å². The van der Waals surface area contributed by atoms with Gasteiger partial charge in [0.1, 0.15) is 12.4 Å². The predicted molar refractivity (Wildman–Crippen MR) is 90.3 cm³/mol. The molecule has 0 aliphatic carbocycles. The Morgan fingerprint density at radius 1 is 0.857 bits per heavy atom. The van der Waals surface area contributed by atoms with Gasteiger partial charge >= 0.3 is 0 Å². The van der Waals surface area contributed by atoms with Crippen LogP contribution in [0.15, 0.2) is 65.1 Å². The summed E-state index contributed by atoms with van der Waals surface area (Å²) in [7, 11) is 0. The summed E-state index contributed by atoms with van der Waals surface area (Å²) in [6.45, 7) is 1.07. The fourth-order valence-electron chi connectivity index (χ4n) is 2.34. The molecule has 0 aliphatic heterocycles. The van der Waals surface area contributed by atoms with Gasteiger partial charge in [0.15, 0.2) is 0 Å². The summed E-state index contributed by atoms with van der Waals surface area (Å²) in [6, 6.07) is 20.5. The summed E-state index contributed by atoms with van der Waals surface area (Å²) >= 11 is 3.49. The topological polar surface area (TPSA) is 35.2 Å². The van der Waals surface area contributed by atoms with Gasteiger partial charge in [0.05, 0.1) is 0 Å². The second-order valence-electron chi connectivity index (χ2n) is 4.91. The number of halogens is 1. The molecule has 21 heavy (non-hydrogen) atoms. The molecule has 0 fully saturated rings. The molecule has 0 spiro atoms. The Morgan fingerprint density at radius 3 is 2.38 bits per heavy atom. The molecular formula is C18H16BrNO. The summed E-state index contributed by atoms with van der Waals surface area (Å²) in [5, 5.41) is 2.36. The number of fused-ring (bicyclic) bond motifs is 1. The first-order valence-corrected chi connectivity index (χ1v) is 7.64. The molecule has 3 rings (SSSR count). The van der Waals surface area contributed by atoms with Crippen molar-refractivity contribution in [3.8, 4) is 5.75 Å². The van der Waals surface area contributed by atoms with Crippen LogP contribution >= 0.6 is 15.9 Å². The highest BCUT2D eigenvalue weighted by Gasteiger charge is 2.02. The van der Waals surface area contributed by atoms with Crippen molar-refractivity contribution in [3.63, 3.8) is 0 Å². The molecule has 0 atom stereocenters. The van der Waals surface area contributed by atoms with E-state index in [1.54, 1.807) is 0 Å². The summed E-state index contributed by atoms with van der Waals surface area (Å²) in [5.41, 5.74) is 8.01. The van der Waals surface area contributed by atoms with Gasteiger partial charge in [-0.25, -0.2) is 0 Å². The summed E-state index contributed by atoms with van der Waals surface area (Å²) in [6.07, 6.45) is 0. The van der Waals surface area contributed by atoms with E-state index in [4.69, 9.17) is 10.5 Å². The first-order valence-electron chi connectivity index (χ1n) is 6.85. The van der Waals surface area contributed by atoms with Crippen LogP contribution < -0.4 is 10.5 Å². The van der Waals surface area contributed by atoms with Crippen molar-refractivity contribution < 1.29 is 4.74 Å². The van der Waals surface area contributed by atoms with Gasteiger partial charge in [-0.05, 0) is 46.2 Å². The highest BCUT2D eigenvalue weighted by molar-refractivity contribution is 9.10. The molecule has 3 aromatic carbocycles. The van der Waals surface area contributed by atoms with Crippen molar-refractivity contribution in [1.29, 1.82) is 0 Å². The monoisotopic (exact) mass is 341 g/mol. The number of rotatable bonds is 4. The van der Waals surface area contributed by atoms with E-state index in [-0.39, 0.29) is 0 Å². The molecule has 0 saturated carbocycles. The van der Waals surface area contributed by atoms with E-state index in [0.717, 1.165) is 21.3 Å². The van der Waals surface area contributed by atoms with Crippen LogP contribution in [0.3, 0.4) is 0 Å². The first-order chi connectivity index (χ1) is 10.3. The van der Waals surface area contributed by atoms with Crippen LogP contribution in [0.5, 0.6) is 5.75 Å². The SMILES string of the molecule is NCc1ccccc1COc1ccc2cc(Br)ccc2c1. The zero-order valence-electron chi connectivity index (χ0n) is 11.6. The molecule has 2 N–H and O–H groups in total. The number of hydrogen-bond acceptors (Lipinski definition) is 2. The van der Waals surface area contributed by atoms with Gasteiger partial charge in [0.25, 0.3) is 0 Å². The maximum Gasteiger partial charge on any atom is 0.120 e. The minimum Gasteiger partial charge on any atom is -0.489 e. The van der Waals surface area contributed by atoms with Gasteiger partial charge in [0, 0.05) is 11.0 Å². The van der Waals surface area contributed by atoms with Gasteiger partial charge < -0.3 is 10.5 Å². The van der Waals surface area contributed by atoms with E-state index < -0.39 is 0 Å². The molecule has 0 aromatic heterocycles. The lowest BCUT2D eigenvalue weighted by Gasteiger charge is -2.10. The highest BCUT2D eigenvalue weighted by atomic mass is 79.9. The van der Waals surface area contributed by atoms with Gasteiger partial charge in [-0.2, -0.15) is 0 Å². The third-order valence-electron chi connectivity index (χ3n) is 3.51. The van der Waals surface area contributed by atoms with Gasteiger partial charge in [0.2, 0.25) is 0 Å². The first kappa shape index (κ1) is 14.1. The van der Waals surface area contributed by atoms with Crippen molar-refractivity contribution in [2.45, 2.75) is 13.2 Å². The van der Waals surface area contributed by atoms with Crippen molar-refractivity contribution in [2.24, 2.45) is 5.73 Å². The summed E-state index contributed by atoms with van der Waals surface area (Å²) in [5.74, 6) is 0.872. The van der Waals surface area contributed by atoms with E-state index >= 15 is 0 Å². The predicted octanol–water partition coefficient (Wildman–Crippen LogP) is 4.64. The van der Waals surface area contributed by atoms with Crippen molar-refractivity contribution in [3.05, 3.63) is 76.3 Å². The van der Waals surface area contributed by atoms with E-state index in [1.807, 2.05) is 30.3 Å². The second-order valence-corrected chi connectivity index (χ2v) is 5.83. The zero-order valence-corrected chi connectivity index (χ0v) is 13.1. The van der Waals surface area contributed by atoms with Crippen LogP contribution in [0.2, 0.25) is 0 Å². The lowest BCUT2D eigenvalue weighted by Crippen LogP contribution is -2.04. The Morgan fingerprint density at radius 2 is 1.57 bits per heavy atom. The molecule has 0 aliphatic rings. The molecule has 3 aromatic rings. The van der Waals surface area contributed by atoms with E-state index in [2.05, 4.69) is 46.3 Å². The molecule has 2 nitrogen and oxygen atoms in total. The molecule has 0 heterocycles. The number of hydrogen-bond donors (Lipinski definition) is 1. The minimum atomic E-state index is 0.533. The smallest absolute Gasteiger partial charge is 0.120 e. The zero-order chi connectivity index (χ0) is 14.7. The molecule has 0 radical (unpaired) electrons. The Labute approximate surface area is 132 Å². The third-order valence-corrected chi connectivity index (χ3v) is 4.00. The minimum absolute atomic E-state index is 0.533. The number of benzene rings is 3. The van der Waals surface area contributed by atoms with Gasteiger partial charge in [-0.15, -0.1) is 0 Å². The fourth-order valence-corrected chi connectivity index (χ4v) is 2.72. The van der Waals surface area contributed by atoms with Crippen molar-refractivity contribution in [2.75, 3.05) is 0 Å². The van der Waals surface area contributed by atoms with Crippen LogP contribution in [-0.4, -0.2) is 0 Å². The summed E-state index contributed by atoms with van der Waals surface area (Å²) in [4.78, 5) is 0. The fraction of sp³-hybridized carbons (Fsp3) is 0.111. The van der Waals surface area contributed by atoms with Gasteiger partial charge in [-0.3, -0.25) is 0 Å². The third kappa shape index (κ3) is 3.26. The Kier molecular flexibility index (Phi) is 4.23. The quantitative estimate of drug-likeness (QED) is 0.750. The Bertz CT molecular complexity index is 770. The molecule has 0 unspecified atom stereocenters. The van der Waals surface area contributed by atoms with Crippen LogP contribution in [0, 0.1) is 0 Å². The standard InChI is InChI=1S/C18H16BrNO/c19-17-7-5-14-10-18(8-6-13(14)9-17)21-12-16-4-2-1-3-15(16)11-20/h1-10H,11-12,20H2. The maximum absolute atomic E-state index is 5.91. The number of nitrogens with two attached hydrogens (primary N) is 1. The Balaban J connectivity index is 1.80. The average Bonchev–Trinajstić information content (AvgIpc) is 2.53. The van der Waals surface area contributed by atoms with Crippen LogP contribution in [0.1, 0.15) is 11.1 Å². The second kappa shape index (κ2) is 6.29. The average molecular weight is 342 g/mol. The normalized spacial score (nSPS) is 10.8.